The number of hydrogen-bond acceptors (Lipinski definition) is 3. The minimum atomic E-state index is -0.120. The Morgan fingerprint density at radius 2 is 1.79 bits per heavy atom. The van der Waals surface area contributed by atoms with E-state index in [1.54, 1.807) is 12.1 Å². The molecule has 3 N–H and O–H groups in total. The summed E-state index contributed by atoms with van der Waals surface area (Å²) in [5.74, 6) is 0.382. The van der Waals surface area contributed by atoms with Gasteiger partial charge in [-0.3, -0.25) is 4.79 Å². The predicted octanol–water partition coefficient (Wildman–Crippen LogP) is 5.04. The number of fused-ring (bicyclic) bond motifs is 2. The van der Waals surface area contributed by atoms with Crippen LogP contribution in [0.3, 0.4) is 0 Å². The first-order chi connectivity index (χ1) is 14.1. The number of carbonyl (C=O) groups is 1. The lowest BCUT2D eigenvalue weighted by Crippen LogP contribution is -2.03. The first-order valence-electron chi connectivity index (χ1n) is 9.25. The Hall–Kier alpha value is -3.99. The summed E-state index contributed by atoms with van der Waals surface area (Å²) in [6.07, 6.45) is 3.84. The van der Waals surface area contributed by atoms with E-state index in [2.05, 4.69) is 10.3 Å². The average Bonchev–Trinajstić information content (AvgIpc) is 3.29. The maximum absolute atomic E-state index is 12.6. The maximum atomic E-state index is 12.6. The van der Waals surface area contributed by atoms with Gasteiger partial charge < -0.3 is 20.1 Å². The molecule has 0 fully saturated rings. The number of nitrogens with one attached hydrogen (secondary N) is 2. The van der Waals surface area contributed by atoms with Crippen molar-refractivity contribution in [2.24, 2.45) is 0 Å². The van der Waals surface area contributed by atoms with Crippen LogP contribution in [0.2, 0.25) is 0 Å². The Balaban J connectivity index is 1.56. The number of hydrogen-bond donors (Lipinski definition) is 3. The number of aromatic nitrogens is 1. The number of aromatic amines is 1. The zero-order valence-corrected chi connectivity index (χ0v) is 15.7. The van der Waals surface area contributed by atoms with Gasteiger partial charge in [0.25, 0.3) is 5.91 Å². The van der Waals surface area contributed by atoms with E-state index in [0.29, 0.717) is 11.3 Å². The van der Waals surface area contributed by atoms with Crippen molar-refractivity contribution in [3.8, 4) is 22.6 Å². The van der Waals surface area contributed by atoms with Crippen molar-refractivity contribution in [2.45, 2.75) is 0 Å². The summed E-state index contributed by atoms with van der Waals surface area (Å²) in [6.45, 7) is 0. The van der Waals surface area contributed by atoms with Crippen LogP contribution in [-0.4, -0.2) is 23.1 Å². The number of carbonyl (C=O) groups excluding carboxylic acids is 1. The molecule has 0 radical (unpaired) electrons. The van der Waals surface area contributed by atoms with Crippen LogP contribution >= 0.6 is 0 Å². The SMILES string of the molecule is COc1cc(-c2ccc3c(c2)NC(=O)C3=Cc2c[nH]c3ccccc23)ccc1O. The number of para-hydroxylation sites is 1. The van der Waals surface area contributed by atoms with Gasteiger partial charge in [0.05, 0.1) is 7.11 Å². The first-order valence-corrected chi connectivity index (χ1v) is 9.25. The molecule has 1 aromatic heterocycles. The number of benzene rings is 3. The Labute approximate surface area is 167 Å². The van der Waals surface area contributed by atoms with Gasteiger partial charge in [-0.2, -0.15) is 0 Å². The van der Waals surface area contributed by atoms with Crippen molar-refractivity contribution in [1.29, 1.82) is 0 Å². The van der Waals surface area contributed by atoms with E-state index >= 15 is 0 Å². The second-order valence-electron chi connectivity index (χ2n) is 6.95. The highest BCUT2D eigenvalue weighted by Crippen LogP contribution is 2.38. The third-order valence-electron chi connectivity index (χ3n) is 5.24. The molecule has 0 unspecified atom stereocenters. The topological polar surface area (TPSA) is 74.3 Å². The molecule has 4 aromatic rings. The van der Waals surface area contributed by atoms with Gasteiger partial charge in [-0.15, -0.1) is 0 Å². The summed E-state index contributed by atoms with van der Waals surface area (Å²) in [5, 5.41) is 13.8. The molecule has 5 heteroatoms. The van der Waals surface area contributed by atoms with Gasteiger partial charge in [-0.05, 0) is 41.5 Å². The number of phenols is 1. The number of methoxy groups -OCH3 is 1. The first kappa shape index (κ1) is 17.1. The summed E-state index contributed by atoms with van der Waals surface area (Å²) >= 11 is 0. The van der Waals surface area contributed by atoms with Gasteiger partial charge in [0.15, 0.2) is 11.5 Å². The van der Waals surface area contributed by atoms with E-state index in [4.69, 9.17) is 4.74 Å². The molecule has 1 aliphatic rings. The smallest absolute Gasteiger partial charge is 0.256 e. The molecule has 0 saturated heterocycles. The van der Waals surface area contributed by atoms with Crippen molar-refractivity contribution in [3.05, 3.63) is 78.0 Å². The van der Waals surface area contributed by atoms with Gasteiger partial charge in [0, 0.05) is 39.5 Å². The van der Waals surface area contributed by atoms with E-state index in [0.717, 1.165) is 38.8 Å². The summed E-state index contributed by atoms with van der Waals surface area (Å²) in [7, 11) is 1.52. The molecular formula is C24H18N2O3. The molecule has 0 saturated carbocycles. The fourth-order valence-corrected chi connectivity index (χ4v) is 3.74. The minimum absolute atomic E-state index is 0.0923. The molecule has 0 bridgehead atoms. The molecule has 142 valence electrons. The molecule has 0 spiro atoms. The number of rotatable bonds is 3. The quantitative estimate of drug-likeness (QED) is 0.435. The lowest BCUT2D eigenvalue weighted by molar-refractivity contribution is -0.110. The summed E-state index contributed by atoms with van der Waals surface area (Å²) in [6, 6.07) is 19.1. The monoisotopic (exact) mass is 382 g/mol. The van der Waals surface area contributed by atoms with E-state index in [-0.39, 0.29) is 11.7 Å². The van der Waals surface area contributed by atoms with Gasteiger partial charge >= 0.3 is 0 Å². The van der Waals surface area contributed by atoms with E-state index in [1.165, 1.54) is 7.11 Å². The Morgan fingerprint density at radius 3 is 2.66 bits per heavy atom. The highest BCUT2D eigenvalue weighted by molar-refractivity contribution is 6.35. The van der Waals surface area contributed by atoms with E-state index in [1.807, 2.05) is 60.8 Å². The molecule has 2 heterocycles. The van der Waals surface area contributed by atoms with Crippen molar-refractivity contribution >= 4 is 34.1 Å². The van der Waals surface area contributed by atoms with Gasteiger partial charge in [-0.25, -0.2) is 0 Å². The Bertz CT molecular complexity index is 1300. The number of H-pyrrole nitrogens is 1. The van der Waals surface area contributed by atoms with Crippen LogP contribution in [0.15, 0.2) is 66.9 Å². The second-order valence-corrected chi connectivity index (χ2v) is 6.95. The van der Waals surface area contributed by atoms with Crippen LogP contribution < -0.4 is 10.1 Å². The summed E-state index contributed by atoms with van der Waals surface area (Å²) in [5.41, 5.74) is 6.11. The van der Waals surface area contributed by atoms with Gasteiger partial charge in [0.2, 0.25) is 0 Å². The number of aromatic hydroxyl groups is 1. The van der Waals surface area contributed by atoms with Crippen LogP contribution in [-0.2, 0) is 4.79 Å². The molecule has 0 atom stereocenters. The highest BCUT2D eigenvalue weighted by Gasteiger charge is 2.25. The lowest BCUT2D eigenvalue weighted by Gasteiger charge is -2.08. The molecule has 1 aliphatic heterocycles. The second kappa shape index (κ2) is 6.56. The van der Waals surface area contributed by atoms with Crippen LogP contribution in [0.25, 0.3) is 33.7 Å². The predicted molar refractivity (Wildman–Crippen MR) is 115 cm³/mol. The van der Waals surface area contributed by atoms with Crippen molar-refractivity contribution < 1.29 is 14.6 Å². The molecule has 5 rings (SSSR count). The van der Waals surface area contributed by atoms with E-state index in [9.17, 15) is 9.90 Å². The van der Waals surface area contributed by atoms with Crippen molar-refractivity contribution in [1.82, 2.24) is 4.98 Å². The van der Waals surface area contributed by atoms with E-state index < -0.39 is 0 Å². The standard InChI is InChI=1S/C24H18N2O3/c1-29-23-12-15(7-9-22(23)27)14-6-8-18-19(24(28)26-21(18)11-14)10-16-13-25-20-5-3-2-4-17(16)20/h2-13,25,27H,1H3,(H,26,28). The van der Waals surface area contributed by atoms with Crippen molar-refractivity contribution in [2.75, 3.05) is 12.4 Å². The molecule has 3 aromatic carbocycles. The fourth-order valence-electron chi connectivity index (χ4n) is 3.74. The molecule has 5 nitrogen and oxygen atoms in total. The van der Waals surface area contributed by atoms with Crippen molar-refractivity contribution in [3.63, 3.8) is 0 Å². The van der Waals surface area contributed by atoms with Crippen LogP contribution in [0.1, 0.15) is 11.1 Å². The minimum Gasteiger partial charge on any atom is -0.504 e. The third kappa shape index (κ3) is 2.84. The zero-order chi connectivity index (χ0) is 20.0. The normalized spacial score (nSPS) is 14.2. The largest absolute Gasteiger partial charge is 0.504 e. The number of anilines is 1. The van der Waals surface area contributed by atoms with Gasteiger partial charge in [-0.1, -0.05) is 36.4 Å². The number of ether oxygens (including phenoxy) is 1. The third-order valence-corrected chi connectivity index (χ3v) is 5.24. The fraction of sp³-hybridized carbons (Fsp3) is 0.0417. The van der Waals surface area contributed by atoms with Crippen LogP contribution in [0, 0.1) is 0 Å². The van der Waals surface area contributed by atoms with Crippen LogP contribution in [0.4, 0.5) is 5.69 Å². The molecule has 0 aliphatic carbocycles. The Morgan fingerprint density at radius 1 is 1.00 bits per heavy atom. The molecular weight excluding hydrogens is 364 g/mol. The summed E-state index contributed by atoms with van der Waals surface area (Å²) < 4.78 is 5.20. The Kier molecular flexibility index (Phi) is 3.88. The van der Waals surface area contributed by atoms with Gasteiger partial charge in [0.1, 0.15) is 0 Å². The highest BCUT2D eigenvalue weighted by atomic mass is 16.5. The lowest BCUT2D eigenvalue weighted by atomic mass is 9.99. The maximum Gasteiger partial charge on any atom is 0.256 e. The van der Waals surface area contributed by atoms with Crippen LogP contribution in [0.5, 0.6) is 11.5 Å². The number of phenolic OH excluding ortho intramolecular Hbond substituents is 1. The summed E-state index contributed by atoms with van der Waals surface area (Å²) in [4.78, 5) is 15.9. The zero-order valence-electron chi connectivity index (χ0n) is 15.7. The molecule has 1 amide bonds. The molecule has 29 heavy (non-hydrogen) atoms. The average molecular weight is 382 g/mol. The number of amides is 1.